The molecule has 0 saturated carbocycles. The normalized spacial score (nSPS) is 10.5. The van der Waals surface area contributed by atoms with Gasteiger partial charge < -0.3 is 9.47 Å². The molecule has 0 aliphatic heterocycles. The minimum atomic E-state index is -0.693. The number of methoxy groups -OCH3 is 1. The highest BCUT2D eigenvalue weighted by Crippen LogP contribution is 2.38. The van der Waals surface area contributed by atoms with Crippen molar-refractivity contribution in [3.8, 4) is 22.1 Å². The minimum Gasteiger partial charge on any atom is -0.496 e. The summed E-state index contributed by atoms with van der Waals surface area (Å²) in [4.78, 5) is 17.0. The molecule has 0 atom stereocenters. The number of hydrogen-bond acceptors (Lipinski definition) is 7. The van der Waals surface area contributed by atoms with E-state index in [1.807, 2.05) is 0 Å². The van der Waals surface area contributed by atoms with Crippen LogP contribution in [0, 0.1) is 12.7 Å². The average Bonchev–Trinajstić information content (AvgIpc) is 3.15. The lowest BCUT2D eigenvalue weighted by atomic mass is 9.98. The zero-order valence-electron chi connectivity index (χ0n) is 15.5. The molecule has 29 heavy (non-hydrogen) atoms. The van der Waals surface area contributed by atoms with Crippen LogP contribution in [0.1, 0.15) is 16.1 Å². The number of aryl methyl sites for hydroxylation is 1. The summed E-state index contributed by atoms with van der Waals surface area (Å²) < 4.78 is 25.4. The monoisotopic (exact) mass is 434 g/mol. The SMILES string of the molecule is C=CCOc1nnc(NC(=O)c2cnc(C)cc2-c2c(OC)ccc(Cl)c2F)s1. The second-order valence-electron chi connectivity index (χ2n) is 5.74. The first kappa shape index (κ1) is 20.7. The predicted octanol–water partition coefficient (Wildman–Crippen LogP) is 4.53. The Labute approximate surface area is 175 Å². The van der Waals surface area contributed by atoms with Gasteiger partial charge in [0.1, 0.15) is 12.4 Å². The lowest BCUT2D eigenvalue weighted by molar-refractivity contribution is 0.102. The van der Waals surface area contributed by atoms with Gasteiger partial charge in [-0.15, -0.1) is 5.10 Å². The standard InChI is InChI=1S/C19H16ClFN4O3S/c1-4-7-28-19-25-24-18(29-19)23-17(26)12-9-22-10(2)8-11(12)15-14(27-3)6-5-13(20)16(15)21/h4-6,8-9H,1,7H2,2-3H3,(H,23,24,26). The molecule has 0 unspecified atom stereocenters. The summed E-state index contributed by atoms with van der Waals surface area (Å²) in [5.41, 5.74) is 1.08. The zero-order valence-corrected chi connectivity index (χ0v) is 17.1. The molecule has 0 aliphatic carbocycles. The van der Waals surface area contributed by atoms with Crippen molar-refractivity contribution in [2.75, 3.05) is 19.0 Å². The third-order valence-corrected chi connectivity index (χ3v) is 4.83. The summed E-state index contributed by atoms with van der Waals surface area (Å²) in [7, 11) is 1.41. The van der Waals surface area contributed by atoms with Crippen molar-refractivity contribution in [1.82, 2.24) is 15.2 Å². The van der Waals surface area contributed by atoms with Crippen LogP contribution < -0.4 is 14.8 Å². The van der Waals surface area contributed by atoms with Crippen molar-refractivity contribution in [3.05, 3.63) is 59.1 Å². The largest absolute Gasteiger partial charge is 0.496 e. The highest BCUT2D eigenvalue weighted by atomic mass is 35.5. The lowest BCUT2D eigenvalue weighted by Crippen LogP contribution is -2.14. The van der Waals surface area contributed by atoms with Crippen LogP contribution in [0.25, 0.3) is 11.1 Å². The van der Waals surface area contributed by atoms with Crippen molar-refractivity contribution in [1.29, 1.82) is 0 Å². The average molecular weight is 435 g/mol. The van der Waals surface area contributed by atoms with E-state index in [-0.39, 0.29) is 38.8 Å². The molecule has 0 fully saturated rings. The second-order valence-corrected chi connectivity index (χ2v) is 7.08. The number of hydrogen-bond donors (Lipinski definition) is 1. The van der Waals surface area contributed by atoms with Crippen molar-refractivity contribution in [3.63, 3.8) is 0 Å². The summed E-state index contributed by atoms with van der Waals surface area (Å²) >= 11 is 7.00. The van der Waals surface area contributed by atoms with Gasteiger partial charge in [0.05, 0.1) is 23.3 Å². The van der Waals surface area contributed by atoms with E-state index in [0.29, 0.717) is 11.3 Å². The Kier molecular flexibility index (Phi) is 6.40. The van der Waals surface area contributed by atoms with E-state index in [2.05, 4.69) is 27.1 Å². The van der Waals surface area contributed by atoms with E-state index in [1.165, 1.54) is 25.4 Å². The van der Waals surface area contributed by atoms with Gasteiger partial charge in [0.2, 0.25) is 5.13 Å². The second kappa shape index (κ2) is 8.97. The number of nitrogens with zero attached hydrogens (tertiary/aromatic N) is 3. The molecular formula is C19H16ClFN4O3S. The fourth-order valence-corrected chi connectivity index (χ4v) is 3.27. The van der Waals surface area contributed by atoms with Gasteiger partial charge in [-0.3, -0.25) is 15.1 Å². The van der Waals surface area contributed by atoms with E-state index in [1.54, 1.807) is 19.1 Å². The summed E-state index contributed by atoms with van der Waals surface area (Å²) in [6, 6.07) is 4.51. The molecular weight excluding hydrogens is 419 g/mol. The molecule has 0 spiro atoms. The van der Waals surface area contributed by atoms with Gasteiger partial charge in [0.25, 0.3) is 11.1 Å². The zero-order chi connectivity index (χ0) is 21.0. The number of carbonyl (C=O) groups excluding carboxylic acids is 1. The molecule has 1 N–H and O–H groups in total. The van der Waals surface area contributed by atoms with E-state index in [9.17, 15) is 9.18 Å². The maximum absolute atomic E-state index is 14.8. The lowest BCUT2D eigenvalue weighted by Gasteiger charge is -2.14. The van der Waals surface area contributed by atoms with Crippen LogP contribution in [-0.4, -0.2) is 34.8 Å². The predicted molar refractivity (Wildman–Crippen MR) is 109 cm³/mol. The fourth-order valence-electron chi connectivity index (χ4n) is 2.51. The summed E-state index contributed by atoms with van der Waals surface area (Å²) in [6.07, 6.45) is 2.92. The molecule has 1 aromatic carbocycles. The van der Waals surface area contributed by atoms with Gasteiger partial charge in [0.15, 0.2) is 5.82 Å². The van der Waals surface area contributed by atoms with Crippen LogP contribution in [0.3, 0.4) is 0 Å². The molecule has 0 saturated heterocycles. The molecule has 3 rings (SSSR count). The summed E-state index contributed by atoms with van der Waals surface area (Å²) in [5.74, 6) is -0.996. The highest BCUT2D eigenvalue weighted by Gasteiger charge is 2.22. The number of ether oxygens (including phenoxy) is 2. The quantitative estimate of drug-likeness (QED) is 0.550. The maximum Gasteiger partial charge on any atom is 0.296 e. The van der Waals surface area contributed by atoms with Crippen molar-refractivity contribution >= 4 is 34.0 Å². The molecule has 3 aromatic rings. The molecule has 0 radical (unpaired) electrons. The number of benzene rings is 1. The van der Waals surface area contributed by atoms with E-state index < -0.39 is 11.7 Å². The van der Waals surface area contributed by atoms with Gasteiger partial charge in [-0.1, -0.05) is 29.4 Å². The molecule has 7 nitrogen and oxygen atoms in total. The number of pyridine rings is 1. The van der Waals surface area contributed by atoms with E-state index in [0.717, 1.165) is 11.3 Å². The van der Waals surface area contributed by atoms with Crippen LogP contribution in [-0.2, 0) is 0 Å². The molecule has 10 heteroatoms. The smallest absolute Gasteiger partial charge is 0.296 e. The Morgan fingerprint density at radius 2 is 2.21 bits per heavy atom. The number of nitrogens with one attached hydrogen (secondary N) is 1. The first-order valence-electron chi connectivity index (χ1n) is 8.32. The van der Waals surface area contributed by atoms with Crippen LogP contribution in [0.2, 0.25) is 5.02 Å². The number of carbonyl (C=O) groups is 1. The molecule has 2 heterocycles. The van der Waals surface area contributed by atoms with Gasteiger partial charge in [-0.2, -0.15) is 0 Å². The van der Waals surface area contributed by atoms with Crippen molar-refractivity contribution in [2.24, 2.45) is 0 Å². The Bertz CT molecular complexity index is 1070. The summed E-state index contributed by atoms with van der Waals surface area (Å²) in [6.45, 7) is 5.54. The highest BCUT2D eigenvalue weighted by molar-refractivity contribution is 7.17. The molecule has 0 bridgehead atoms. The fraction of sp³-hybridized carbons (Fsp3) is 0.158. The van der Waals surface area contributed by atoms with E-state index >= 15 is 0 Å². The van der Waals surface area contributed by atoms with Crippen LogP contribution in [0.15, 0.2) is 37.1 Å². The first-order chi connectivity index (χ1) is 13.9. The summed E-state index contributed by atoms with van der Waals surface area (Å²) in [5, 5.41) is 10.7. The molecule has 150 valence electrons. The first-order valence-corrected chi connectivity index (χ1v) is 9.51. The maximum atomic E-state index is 14.8. The van der Waals surface area contributed by atoms with Crippen LogP contribution in [0.4, 0.5) is 9.52 Å². The number of rotatable bonds is 7. The minimum absolute atomic E-state index is 0.0721. The molecule has 2 aromatic heterocycles. The molecule has 0 aliphatic rings. The molecule has 1 amide bonds. The third-order valence-electron chi connectivity index (χ3n) is 3.78. The van der Waals surface area contributed by atoms with E-state index in [4.69, 9.17) is 21.1 Å². The van der Waals surface area contributed by atoms with Gasteiger partial charge in [-0.25, -0.2) is 4.39 Å². The van der Waals surface area contributed by atoms with Crippen molar-refractivity contribution in [2.45, 2.75) is 6.92 Å². The third kappa shape index (κ3) is 4.52. The number of halogens is 2. The topological polar surface area (TPSA) is 86.2 Å². The van der Waals surface area contributed by atoms with Crippen LogP contribution in [0.5, 0.6) is 10.9 Å². The number of amides is 1. The van der Waals surface area contributed by atoms with Crippen molar-refractivity contribution < 1.29 is 18.7 Å². The Hall–Kier alpha value is -3.04. The van der Waals surface area contributed by atoms with Crippen LogP contribution >= 0.6 is 22.9 Å². The number of aromatic nitrogens is 3. The number of anilines is 1. The Morgan fingerprint density at radius 3 is 2.93 bits per heavy atom. The Balaban J connectivity index is 2.00. The van der Waals surface area contributed by atoms with Gasteiger partial charge >= 0.3 is 0 Å². The Morgan fingerprint density at radius 1 is 1.41 bits per heavy atom. The van der Waals surface area contributed by atoms with Gasteiger partial charge in [0, 0.05) is 17.5 Å². The van der Waals surface area contributed by atoms with Gasteiger partial charge in [-0.05, 0) is 36.5 Å².